The largest absolute Gasteiger partial charge is 0.399 e. The van der Waals surface area contributed by atoms with E-state index in [0.717, 1.165) is 24.9 Å². The van der Waals surface area contributed by atoms with Gasteiger partial charge in [-0.05, 0) is 68.5 Å². The van der Waals surface area contributed by atoms with Gasteiger partial charge in [0.2, 0.25) is 0 Å². The Morgan fingerprint density at radius 1 is 1.27 bits per heavy atom. The second-order valence-electron chi connectivity index (χ2n) is 6.58. The van der Waals surface area contributed by atoms with Crippen LogP contribution in [0.15, 0.2) is 36.5 Å². The fourth-order valence-corrected chi connectivity index (χ4v) is 3.20. The standard InChI is InChI=1S/C19H24N4O.2ClH/c1-12(2)22-18-16(6-4-10-21-18)19(24)23-17-7-3-5-13-11-14(20)8-9-15(13)17;;/h4,6,8-12,17H,3,5,7,20H2,1-2H3,(H,21,22)(H,23,24);2*1H. The minimum absolute atomic E-state index is 0. The van der Waals surface area contributed by atoms with Gasteiger partial charge in [-0.3, -0.25) is 4.79 Å². The molecule has 7 heteroatoms. The van der Waals surface area contributed by atoms with Crippen molar-refractivity contribution in [2.45, 2.75) is 45.2 Å². The number of carbonyl (C=O) groups excluding carboxylic acids is 1. The number of benzene rings is 1. The molecule has 1 amide bonds. The van der Waals surface area contributed by atoms with Crippen LogP contribution in [0.1, 0.15) is 54.2 Å². The first kappa shape index (κ1) is 22.1. The molecule has 26 heavy (non-hydrogen) atoms. The van der Waals surface area contributed by atoms with Crippen LogP contribution in [0.5, 0.6) is 0 Å². The number of nitrogens with two attached hydrogens (primary N) is 1. The zero-order chi connectivity index (χ0) is 17.1. The van der Waals surface area contributed by atoms with Crippen LogP contribution in [0, 0.1) is 0 Å². The number of hydrogen-bond donors (Lipinski definition) is 3. The van der Waals surface area contributed by atoms with E-state index in [0.29, 0.717) is 11.4 Å². The monoisotopic (exact) mass is 396 g/mol. The summed E-state index contributed by atoms with van der Waals surface area (Å²) in [5.74, 6) is 0.527. The number of hydrogen-bond acceptors (Lipinski definition) is 4. The zero-order valence-corrected chi connectivity index (χ0v) is 16.6. The molecule has 1 aliphatic carbocycles. The summed E-state index contributed by atoms with van der Waals surface area (Å²) in [5, 5.41) is 6.39. The maximum Gasteiger partial charge on any atom is 0.255 e. The molecule has 0 saturated heterocycles. The average molecular weight is 397 g/mol. The van der Waals surface area contributed by atoms with Gasteiger partial charge >= 0.3 is 0 Å². The average Bonchev–Trinajstić information content (AvgIpc) is 2.54. The summed E-state index contributed by atoms with van der Waals surface area (Å²) in [7, 11) is 0. The minimum atomic E-state index is -0.0964. The van der Waals surface area contributed by atoms with Gasteiger partial charge in [0.1, 0.15) is 5.82 Å². The lowest BCUT2D eigenvalue weighted by molar-refractivity contribution is 0.0933. The van der Waals surface area contributed by atoms with Crippen molar-refractivity contribution in [3.05, 3.63) is 53.2 Å². The van der Waals surface area contributed by atoms with Crippen molar-refractivity contribution in [1.29, 1.82) is 0 Å². The van der Waals surface area contributed by atoms with Gasteiger partial charge in [0.25, 0.3) is 5.91 Å². The van der Waals surface area contributed by atoms with Crippen molar-refractivity contribution >= 4 is 42.2 Å². The molecule has 1 aromatic carbocycles. The van der Waals surface area contributed by atoms with Gasteiger partial charge in [-0.15, -0.1) is 24.8 Å². The Kier molecular flexibility index (Phi) is 8.18. The van der Waals surface area contributed by atoms with Gasteiger partial charge in [-0.2, -0.15) is 0 Å². The highest BCUT2D eigenvalue weighted by atomic mass is 35.5. The predicted molar refractivity (Wildman–Crippen MR) is 111 cm³/mol. The topological polar surface area (TPSA) is 80.0 Å². The van der Waals surface area contributed by atoms with Crippen LogP contribution in [0.25, 0.3) is 0 Å². The fraction of sp³-hybridized carbons (Fsp3) is 0.368. The summed E-state index contributed by atoms with van der Waals surface area (Å²) in [6.45, 7) is 4.05. The summed E-state index contributed by atoms with van der Waals surface area (Å²) < 4.78 is 0. The SMILES string of the molecule is CC(C)Nc1ncccc1C(=O)NC1CCCc2cc(N)ccc21.Cl.Cl. The third kappa shape index (κ3) is 5.02. The number of aromatic nitrogens is 1. The van der Waals surface area contributed by atoms with Crippen LogP contribution in [0.3, 0.4) is 0 Å². The molecule has 1 unspecified atom stereocenters. The quantitative estimate of drug-likeness (QED) is 0.678. The molecule has 0 radical (unpaired) electrons. The number of rotatable bonds is 4. The predicted octanol–water partition coefficient (Wildman–Crippen LogP) is 4.14. The number of fused-ring (bicyclic) bond motifs is 1. The van der Waals surface area contributed by atoms with E-state index in [1.165, 1.54) is 11.1 Å². The van der Waals surface area contributed by atoms with Crippen molar-refractivity contribution in [2.75, 3.05) is 11.1 Å². The summed E-state index contributed by atoms with van der Waals surface area (Å²) >= 11 is 0. The summed E-state index contributed by atoms with van der Waals surface area (Å²) in [5.41, 5.74) is 9.64. The normalized spacial score (nSPS) is 15.3. The highest BCUT2D eigenvalue weighted by Crippen LogP contribution is 2.31. The van der Waals surface area contributed by atoms with Crippen molar-refractivity contribution < 1.29 is 4.79 Å². The van der Waals surface area contributed by atoms with Crippen molar-refractivity contribution in [3.63, 3.8) is 0 Å². The van der Waals surface area contributed by atoms with E-state index in [2.05, 4.69) is 15.6 Å². The van der Waals surface area contributed by atoms with Gasteiger partial charge in [0.15, 0.2) is 0 Å². The third-order valence-corrected chi connectivity index (χ3v) is 4.26. The Morgan fingerprint density at radius 2 is 2.04 bits per heavy atom. The van der Waals surface area contributed by atoms with Gasteiger partial charge in [0, 0.05) is 17.9 Å². The third-order valence-electron chi connectivity index (χ3n) is 4.26. The molecule has 142 valence electrons. The Balaban J connectivity index is 0.00000169. The molecule has 4 N–H and O–H groups in total. The maximum absolute atomic E-state index is 12.8. The number of carbonyl (C=O) groups is 1. The van der Waals surface area contributed by atoms with Crippen LogP contribution < -0.4 is 16.4 Å². The number of halogens is 2. The highest BCUT2D eigenvalue weighted by Gasteiger charge is 2.23. The molecule has 1 aliphatic rings. The van der Waals surface area contributed by atoms with Crippen LogP contribution in [-0.4, -0.2) is 16.9 Å². The number of nitrogens with one attached hydrogen (secondary N) is 2. The first-order chi connectivity index (χ1) is 11.5. The molecule has 1 aromatic heterocycles. The summed E-state index contributed by atoms with van der Waals surface area (Å²) in [6.07, 6.45) is 4.70. The van der Waals surface area contributed by atoms with Crippen LogP contribution in [0.4, 0.5) is 11.5 Å². The molecule has 5 nitrogen and oxygen atoms in total. The maximum atomic E-state index is 12.8. The first-order valence-electron chi connectivity index (χ1n) is 8.45. The molecular weight excluding hydrogens is 371 g/mol. The molecule has 0 spiro atoms. The van der Waals surface area contributed by atoms with E-state index in [9.17, 15) is 4.79 Å². The number of anilines is 2. The van der Waals surface area contributed by atoms with Gasteiger partial charge in [-0.1, -0.05) is 6.07 Å². The number of nitrogens with zero attached hydrogens (tertiary/aromatic N) is 1. The summed E-state index contributed by atoms with van der Waals surface area (Å²) in [6, 6.07) is 9.78. The molecule has 2 aromatic rings. The molecular formula is C19H26Cl2N4O. The van der Waals surface area contributed by atoms with E-state index < -0.39 is 0 Å². The lowest BCUT2D eigenvalue weighted by Crippen LogP contribution is -2.32. The Hall–Kier alpha value is -1.98. The smallest absolute Gasteiger partial charge is 0.255 e. The Labute approximate surface area is 167 Å². The van der Waals surface area contributed by atoms with Crippen molar-refractivity contribution in [3.8, 4) is 0 Å². The molecule has 0 bridgehead atoms. The van der Waals surface area contributed by atoms with Crippen molar-refractivity contribution in [1.82, 2.24) is 10.3 Å². The van der Waals surface area contributed by atoms with E-state index in [4.69, 9.17) is 5.73 Å². The van der Waals surface area contributed by atoms with E-state index >= 15 is 0 Å². The molecule has 3 rings (SSSR count). The molecule has 1 heterocycles. The van der Waals surface area contributed by atoms with Gasteiger partial charge < -0.3 is 16.4 Å². The van der Waals surface area contributed by atoms with Gasteiger partial charge in [-0.25, -0.2) is 4.98 Å². The Morgan fingerprint density at radius 3 is 2.77 bits per heavy atom. The molecule has 1 atom stereocenters. The zero-order valence-electron chi connectivity index (χ0n) is 15.0. The van der Waals surface area contributed by atoms with Crippen LogP contribution >= 0.6 is 24.8 Å². The lowest BCUT2D eigenvalue weighted by Gasteiger charge is -2.27. The second kappa shape index (κ2) is 9.64. The number of nitrogen functional groups attached to an aromatic ring is 1. The fourth-order valence-electron chi connectivity index (χ4n) is 3.20. The molecule has 0 fully saturated rings. The van der Waals surface area contributed by atoms with Crippen LogP contribution in [0.2, 0.25) is 0 Å². The number of amides is 1. The molecule has 0 aliphatic heterocycles. The minimum Gasteiger partial charge on any atom is -0.399 e. The Bertz CT molecular complexity index is 752. The number of pyridine rings is 1. The van der Waals surface area contributed by atoms with E-state index in [-0.39, 0.29) is 42.8 Å². The van der Waals surface area contributed by atoms with Crippen molar-refractivity contribution in [2.24, 2.45) is 0 Å². The second-order valence-corrected chi connectivity index (χ2v) is 6.58. The highest BCUT2D eigenvalue weighted by molar-refractivity contribution is 5.99. The van der Waals surface area contributed by atoms with E-state index in [1.54, 1.807) is 18.3 Å². The van der Waals surface area contributed by atoms with Gasteiger partial charge in [0.05, 0.1) is 11.6 Å². The van der Waals surface area contributed by atoms with Crippen LogP contribution in [-0.2, 0) is 6.42 Å². The number of aryl methyl sites for hydroxylation is 1. The first-order valence-corrected chi connectivity index (χ1v) is 8.45. The van der Waals surface area contributed by atoms with E-state index in [1.807, 2.05) is 32.0 Å². The lowest BCUT2D eigenvalue weighted by atomic mass is 9.87. The molecule has 0 saturated carbocycles. The summed E-state index contributed by atoms with van der Waals surface area (Å²) in [4.78, 5) is 17.1.